The van der Waals surface area contributed by atoms with E-state index in [4.69, 9.17) is 14.2 Å². The minimum absolute atomic E-state index is 0.00306. The molecular weight excluding hydrogens is 320 g/mol. The molecule has 1 aromatic rings. The van der Waals surface area contributed by atoms with Gasteiger partial charge >= 0.3 is 11.9 Å². The molecule has 0 saturated carbocycles. The van der Waals surface area contributed by atoms with E-state index >= 15 is 0 Å². The molecular formula is C20H28O5. The average molecular weight is 348 g/mol. The highest BCUT2D eigenvalue weighted by atomic mass is 16.6. The van der Waals surface area contributed by atoms with Crippen molar-refractivity contribution >= 4 is 11.9 Å². The van der Waals surface area contributed by atoms with Crippen molar-refractivity contribution in [1.29, 1.82) is 0 Å². The summed E-state index contributed by atoms with van der Waals surface area (Å²) in [4.78, 5) is 23.4. The Bertz CT molecular complexity index is 629. The number of carbonyl (C=O) groups is 2. The first kappa shape index (κ1) is 19.3. The molecule has 1 heterocycles. The Kier molecular flexibility index (Phi) is 6.09. The maximum atomic E-state index is 12.0. The van der Waals surface area contributed by atoms with Gasteiger partial charge in [0.25, 0.3) is 0 Å². The zero-order valence-electron chi connectivity index (χ0n) is 15.8. The lowest BCUT2D eigenvalue weighted by atomic mass is 9.91. The van der Waals surface area contributed by atoms with Crippen molar-refractivity contribution in [3.63, 3.8) is 0 Å². The van der Waals surface area contributed by atoms with Gasteiger partial charge in [0, 0.05) is 5.92 Å². The minimum Gasteiger partial charge on any atom is -0.490 e. The van der Waals surface area contributed by atoms with E-state index in [0.29, 0.717) is 6.42 Å². The van der Waals surface area contributed by atoms with Crippen molar-refractivity contribution in [2.24, 2.45) is 5.92 Å². The van der Waals surface area contributed by atoms with Crippen LogP contribution >= 0.6 is 0 Å². The van der Waals surface area contributed by atoms with Crippen LogP contribution in [0.1, 0.15) is 51.7 Å². The number of ether oxygens (including phenoxy) is 3. The first-order chi connectivity index (χ1) is 11.7. The third kappa shape index (κ3) is 5.76. The van der Waals surface area contributed by atoms with E-state index in [-0.39, 0.29) is 30.4 Å². The molecule has 0 bridgehead atoms. The third-order valence-corrected chi connectivity index (χ3v) is 4.22. The van der Waals surface area contributed by atoms with E-state index in [9.17, 15) is 9.59 Å². The largest absolute Gasteiger partial charge is 0.490 e. The molecule has 0 radical (unpaired) electrons. The van der Waals surface area contributed by atoms with Gasteiger partial charge in [0.2, 0.25) is 0 Å². The lowest BCUT2D eigenvalue weighted by Crippen LogP contribution is -2.31. The topological polar surface area (TPSA) is 61.8 Å². The van der Waals surface area contributed by atoms with E-state index in [1.807, 2.05) is 45.9 Å². The molecule has 0 fully saturated rings. The van der Waals surface area contributed by atoms with Crippen LogP contribution in [0.4, 0.5) is 0 Å². The molecule has 0 spiro atoms. The van der Waals surface area contributed by atoms with Crippen LogP contribution in [0, 0.1) is 5.92 Å². The van der Waals surface area contributed by atoms with Crippen LogP contribution in [0.3, 0.4) is 0 Å². The van der Waals surface area contributed by atoms with Gasteiger partial charge in [0.1, 0.15) is 17.5 Å². The molecule has 2 atom stereocenters. The van der Waals surface area contributed by atoms with Gasteiger partial charge in [-0.3, -0.25) is 9.59 Å². The van der Waals surface area contributed by atoms with Crippen molar-refractivity contribution in [2.45, 2.75) is 65.1 Å². The highest BCUT2D eigenvalue weighted by Gasteiger charge is 2.27. The van der Waals surface area contributed by atoms with Crippen LogP contribution in [-0.4, -0.2) is 30.8 Å². The Balaban J connectivity index is 1.99. The number of rotatable bonds is 5. The van der Waals surface area contributed by atoms with Crippen LogP contribution in [-0.2, 0) is 31.9 Å². The lowest BCUT2D eigenvalue weighted by Gasteiger charge is -2.30. The molecule has 25 heavy (non-hydrogen) atoms. The standard InChI is InChI=1S/C20H28O5/c1-13(10-18(21)23-5)16-9-7-15-11-14(6-8-17(15)24-16)12-19(22)25-20(2,3)4/h6,8,11,13,16H,7,9-10,12H2,1-5H3/t13-,16+/m0/s1. The molecule has 0 aromatic heterocycles. The van der Waals surface area contributed by atoms with Gasteiger partial charge in [-0.15, -0.1) is 0 Å². The van der Waals surface area contributed by atoms with E-state index < -0.39 is 5.60 Å². The Morgan fingerprint density at radius 2 is 2.00 bits per heavy atom. The molecule has 1 aromatic carbocycles. The normalized spacial score (nSPS) is 17.9. The average Bonchev–Trinajstić information content (AvgIpc) is 2.52. The van der Waals surface area contributed by atoms with Crippen LogP contribution < -0.4 is 4.74 Å². The zero-order valence-corrected chi connectivity index (χ0v) is 15.8. The molecule has 5 heteroatoms. The zero-order chi connectivity index (χ0) is 18.6. The Labute approximate surface area is 149 Å². The number of carbonyl (C=O) groups excluding carboxylic acids is 2. The molecule has 1 aliphatic rings. The van der Waals surface area contributed by atoms with Crippen LogP contribution in [0.2, 0.25) is 0 Å². The highest BCUT2D eigenvalue weighted by Crippen LogP contribution is 2.32. The summed E-state index contributed by atoms with van der Waals surface area (Å²) < 4.78 is 16.2. The number of fused-ring (bicyclic) bond motifs is 1. The molecule has 0 saturated heterocycles. The summed E-state index contributed by atoms with van der Waals surface area (Å²) in [5.41, 5.74) is 1.55. The Morgan fingerprint density at radius 3 is 2.64 bits per heavy atom. The van der Waals surface area contributed by atoms with Crippen LogP contribution in [0.15, 0.2) is 18.2 Å². The Morgan fingerprint density at radius 1 is 1.28 bits per heavy atom. The van der Waals surface area contributed by atoms with Crippen molar-refractivity contribution in [3.05, 3.63) is 29.3 Å². The van der Waals surface area contributed by atoms with Crippen molar-refractivity contribution < 1.29 is 23.8 Å². The smallest absolute Gasteiger partial charge is 0.310 e. The van der Waals surface area contributed by atoms with E-state index in [1.54, 1.807) is 0 Å². The second-order valence-corrected chi connectivity index (χ2v) is 7.66. The maximum Gasteiger partial charge on any atom is 0.310 e. The van der Waals surface area contributed by atoms with Crippen molar-refractivity contribution in [2.75, 3.05) is 7.11 Å². The third-order valence-electron chi connectivity index (χ3n) is 4.22. The van der Waals surface area contributed by atoms with Crippen molar-refractivity contribution in [3.8, 4) is 5.75 Å². The van der Waals surface area contributed by atoms with Gasteiger partial charge in [-0.1, -0.05) is 19.1 Å². The number of methoxy groups -OCH3 is 1. The quantitative estimate of drug-likeness (QED) is 0.763. The van der Waals surface area contributed by atoms with Crippen molar-refractivity contribution in [1.82, 2.24) is 0 Å². The number of hydrogen-bond donors (Lipinski definition) is 0. The molecule has 2 rings (SSSR count). The van der Waals surface area contributed by atoms with Gasteiger partial charge in [-0.25, -0.2) is 0 Å². The molecule has 5 nitrogen and oxygen atoms in total. The predicted molar refractivity (Wildman–Crippen MR) is 94.5 cm³/mol. The molecule has 138 valence electrons. The van der Waals surface area contributed by atoms with Crippen LogP contribution in [0.5, 0.6) is 5.75 Å². The van der Waals surface area contributed by atoms with E-state index in [0.717, 1.165) is 29.7 Å². The number of aryl methyl sites for hydroxylation is 1. The minimum atomic E-state index is -0.475. The van der Waals surface area contributed by atoms with Gasteiger partial charge in [-0.05, 0) is 50.8 Å². The van der Waals surface area contributed by atoms with E-state index in [2.05, 4.69) is 0 Å². The second kappa shape index (κ2) is 7.89. The molecule has 0 N–H and O–H groups in total. The summed E-state index contributed by atoms with van der Waals surface area (Å²) in [5, 5.41) is 0. The summed E-state index contributed by atoms with van der Waals surface area (Å²) in [6.07, 6.45) is 2.33. The number of hydrogen-bond acceptors (Lipinski definition) is 5. The highest BCUT2D eigenvalue weighted by molar-refractivity contribution is 5.73. The summed E-state index contributed by atoms with van der Waals surface area (Å²) in [7, 11) is 1.40. The predicted octanol–water partition coefficient (Wildman–Crippen LogP) is 3.46. The van der Waals surface area contributed by atoms with E-state index in [1.165, 1.54) is 7.11 Å². The molecule has 0 aliphatic carbocycles. The fraction of sp³-hybridized carbons (Fsp3) is 0.600. The van der Waals surface area contributed by atoms with Gasteiger partial charge < -0.3 is 14.2 Å². The first-order valence-corrected chi connectivity index (χ1v) is 8.75. The van der Waals surface area contributed by atoms with Crippen LogP contribution in [0.25, 0.3) is 0 Å². The van der Waals surface area contributed by atoms with Gasteiger partial charge in [0.05, 0.1) is 20.0 Å². The SMILES string of the molecule is COC(=O)C[C@H](C)[C@H]1CCc2cc(CC(=O)OC(C)(C)C)ccc2O1. The summed E-state index contributed by atoms with van der Waals surface area (Å²) in [5.74, 6) is 0.492. The Hall–Kier alpha value is -2.04. The summed E-state index contributed by atoms with van der Waals surface area (Å²) >= 11 is 0. The molecule has 0 unspecified atom stereocenters. The number of esters is 2. The second-order valence-electron chi connectivity index (χ2n) is 7.66. The van der Waals surface area contributed by atoms with Gasteiger partial charge in [0.15, 0.2) is 0 Å². The lowest BCUT2D eigenvalue weighted by molar-refractivity contribution is -0.154. The fourth-order valence-corrected chi connectivity index (χ4v) is 3.00. The molecule has 0 amide bonds. The number of benzene rings is 1. The van der Waals surface area contributed by atoms with Gasteiger partial charge in [-0.2, -0.15) is 0 Å². The summed E-state index contributed by atoms with van der Waals surface area (Å²) in [6.45, 7) is 7.59. The molecule has 1 aliphatic heterocycles. The monoisotopic (exact) mass is 348 g/mol. The first-order valence-electron chi connectivity index (χ1n) is 8.75. The fourth-order valence-electron chi connectivity index (χ4n) is 3.00. The summed E-state index contributed by atoms with van der Waals surface area (Å²) in [6, 6.07) is 5.82. The maximum absolute atomic E-state index is 12.0.